The van der Waals surface area contributed by atoms with Gasteiger partial charge < -0.3 is 0 Å². The summed E-state index contributed by atoms with van der Waals surface area (Å²) < 4.78 is 27.7. The Labute approximate surface area is 147 Å². The van der Waals surface area contributed by atoms with Crippen LogP contribution < -0.4 is 0 Å². The van der Waals surface area contributed by atoms with E-state index in [2.05, 4.69) is 11.9 Å². The second-order valence-corrected chi connectivity index (χ2v) is 7.92. The molecule has 24 heavy (non-hydrogen) atoms. The predicted molar refractivity (Wildman–Crippen MR) is 97.0 cm³/mol. The fourth-order valence-electron chi connectivity index (χ4n) is 2.72. The maximum atomic E-state index is 13.2. The van der Waals surface area contributed by atoms with Gasteiger partial charge in [0, 0.05) is 11.4 Å². The highest BCUT2D eigenvalue weighted by Crippen LogP contribution is 2.25. The average Bonchev–Trinajstić information content (AvgIpc) is 2.94. The van der Waals surface area contributed by atoms with Gasteiger partial charge in [-0.05, 0) is 42.8 Å². The minimum Gasteiger partial charge on any atom is -0.232 e. The minimum absolute atomic E-state index is 0.215. The van der Waals surface area contributed by atoms with Crippen LogP contribution in [0.3, 0.4) is 0 Å². The van der Waals surface area contributed by atoms with Gasteiger partial charge in [0.15, 0.2) is 0 Å². The molecule has 0 amide bonds. The summed E-state index contributed by atoms with van der Waals surface area (Å²) in [5.41, 5.74) is 1.31. The van der Waals surface area contributed by atoms with E-state index in [-0.39, 0.29) is 4.90 Å². The molecule has 1 heterocycles. The lowest BCUT2D eigenvalue weighted by Gasteiger charge is -2.10. The SMILES string of the molecule is CCCCCc1nc2ccccc2n1S(=O)(=O)c1ccc(Cl)cc1. The van der Waals surface area contributed by atoms with Gasteiger partial charge in [0.05, 0.1) is 15.9 Å². The van der Waals surface area contributed by atoms with Gasteiger partial charge >= 0.3 is 0 Å². The smallest absolute Gasteiger partial charge is 0.232 e. The molecule has 4 nitrogen and oxygen atoms in total. The second kappa shape index (κ2) is 6.95. The summed E-state index contributed by atoms with van der Waals surface area (Å²) >= 11 is 5.88. The molecule has 2 aromatic carbocycles. The number of para-hydroxylation sites is 2. The third-order valence-corrected chi connectivity index (χ3v) is 5.95. The van der Waals surface area contributed by atoms with Crippen molar-refractivity contribution in [2.24, 2.45) is 0 Å². The number of halogens is 1. The Balaban J connectivity index is 2.15. The van der Waals surface area contributed by atoms with Crippen LogP contribution >= 0.6 is 11.6 Å². The van der Waals surface area contributed by atoms with E-state index in [0.29, 0.717) is 28.3 Å². The Bertz CT molecular complexity index is 947. The first-order valence-electron chi connectivity index (χ1n) is 8.01. The number of hydrogen-bond acceptors (Lipinski definition) is 3. The van der Waals surface area contributed by atoms with Crippen LogP contribution in [-0.4, -0.2) is 17.4 Å². The molecule has 0 fully saturated rings. The summed E-state index contributed by atoms with van der Waals surface area (Å²) in [5, 5.41) is 0.507. The summed E-state index contributed by atoms with van der Waals surface area (Å²) in [6.45, 7) is 2.12. The Hall–Kier alpha value is -1.85. The molecule has 0 saturated heterocycles. The predicted octanol–water partition coefficient (Wildman–Crippen LogP) is 4.66. The first-order chi connectivity index (χ1) is 11.5. The molecular weight excluding hydrogens is 344 g/mol. The lowest BCUT2D eigenvalue weighted by molar-refractivity contribution is 0.584. The van der Waals surface area contributed by atoms with Gasteiger partial charge in [-0.25, -0.2) is 17.4 Å². The Morgan fingerprint density at radius 3 is 2.46 bits per heavy atom. The van der Waals surface area contributed by atoms with Gasteiger partial charge in [-0.1, -0.05) is 43.5 Å². The van der Waals surface area contributed by atoms with E-state index in [4.69, 9.17) is 11.6 Å². The van der Waals surface area contributed by atoms with Gasteiger partial charge in [-0.15, -0.1) is 0 Å². The van der Waals surface area contributed by atoms with E-state index in [1.165, 1.54) is 16.1 Å². The number of aryl methyl sites for hydroxylation is 1. The number of hydrogen-bond donors (Lipinski definition) is 0. The Kier molecular flexibility index (Phi) is 4.92. The quantitative estimate of drug-likeness (QED) is 0.599. The van der Waals surface area contributed by atoms with Crippen molar-refractivity contribution in [2.75, 3.05) is 0 Å². The number of imidazole rings is 1. The molecular formula is C18H19ClN2O2S. The first-order valence-corrected chi connectivity index (χ1v) is 9.83. The van der Waals surface area contributed by atoms with Crippen LogP contribution in [0.5, 0.6) is 0 Å². The molecule has 0 N–H and O–H groups in total. The fourth-order valence-corrected chi connectivity index (χ4v) is 4.36. The van der Waals surface area contributed by atoms with Crippen molar-refractivity contribution < 1.29 is 8.42 Å². The van der Waals surface area contributed by atoms with Crippen molar-refractivity contribution in [2.45, 2.75) is 37.5 Å². The Morgan fingerprint density at radius 2 is 1.75 bits per heavy atom. The zero-order valence-corrected chi connectivity index (χ0v) is 15.0. The summed E-state index contributed by atoms with van der Waals surface area (Å²) in [7, 11) is -3.71. The second-order valence-electron chi connectivity index (χ2n) is 5.70. The van der Waals surface area contributed by atoms with Crippen molar-refractivity contribution in [1.29, 1.82) is 0 Å². The molecule has 0 spiro atoms. The van der Waals surface area contributed by atoms with Gasteiger partial charge in [-0.2, -0.15) is 0 Å². The van der Waals surface area contributed by atoms with Crippen molar-refractivity contribution in [1.82, 2.24) is 8.96 Å². The minimum atomic E-state index is -3.71. The molecule has 0 aliphatic rings. The third kappa shape index (κ3) is 3.19. The summed E-state index contributed by atoms with van der Waals surface area (Å²) in [6.07, 6.45) is 3.67. The van der Waals surface area contributed by atoms with Crippen molar-refractivity contribution in [3.63, 3.8) is 0 Å². The fraction of sp³-hybridized carbons (Fsp3) is 0.278. The monoisotopic (exact) mass is 362 g/mol. The van der Waals surface area contributed by atoms with E-state index in [1.54, 1.807) is 18.2 Å². The van der Waals surface area contributed by atoms with Crippen LogP contribution in [0.2, 0.25) is 5.02 Å². The van der Waals surface area contributed by atoms with Crippen LogP contribution in [0.25, 0.3) is 11.0 Å². The van der Waals surface area contributed by atoms with Crippen molar-refractivity contribution in [3.05, 3.63) is 59.4 Å². The number of aromatic nitrogens is 2. The zero-order valence-electron chi connectivity index (χ0n) is 13.4. The lowest BCUT2D eigenvalue weighted by atomic mass is 10.2. The van der Waals surface area contributed by atoms with Crippen LogP contribution in [0, 0.1) is 0 Å². The van der Waals surface area contributed by atoms with Gasteiger partial charge in [0.25, 0.3) is 10.0 Å². The standard InChI is InChI=1S/C18H19ClN2O2S/c1-2-3-4-9-18-20-16-7-5-6-8-17(16)21(18)24(22,23)15-12-10-14(19)11-13-15/h5-8,10-13H,2-4,9H2,1H3. The number of fused-ring (bicyclic) bond motifs is 1. The molecule has 0 aliphatic carbocycles. The van der Waals surface area contributed by atoms with E-state index in [0.717, 1.165) is 19.3 Å². The highest BCUT2D eigenvalue weighted by atomic mass is 35.5. The van der Waals surface area contributed by atoms with E-state index < -0.39 is 10.0 Å². The normalized spacial score (nSPS) is 11.9. The molecule has 3 rings (SSSR count). The van der Waals surface area contributed by atoms with Crippen LogP contribution in [0.4, 0.5) is 0 Å². The van der Waals surface area contributed by atoms with Crippen LogP contribution in [0.15, 0.2) is 53.4 Å². The average molecular weight is 363 g/mol. The molecule has 0 radical (unpaired) electrons. The maximum absolute atomic E-state index is 13.2. The summed E-state index contributed by atoms with van der Waals surface area (Å²) in [4.78, 5) is 4.77. The molecule has 0 bridgehead atoms. The topological polar surface area (TPSA) is 52.0 Å². The first kappa shape index (κ1) is 17.0. The third-order valence-electron chi connectivity index (χ3n) is 3.94. The summed E-state index contributed by atoms with van der Waals surface area (Å²) in [6, 6.07) is 13.6. The van der Waals surface area contributed by atoms with E-state index in [9.17, 15) is 8.42 Å². The van der Waals surface area contributed by atoms with Gasteiger partial charge in [0.1, 0.15) is 5.82 Å². The van der Waals surface area contributed by atoms with E-state index in [1.807, 2.05) is 18.2 Å². The van der Waals surface area contributed by atoms with Gasteiger partial charge in [0.2, 0.25) is 0 Å². The molecule has 6 heteroatoms. The largest absolute Gasteiger partial charge is 0.269 e. The van der Waals surface area contributed by atoms with Crippen LogP contribution in [0.1, 0.15) is 32.0 Å². The molecule has 3 aromatic rings. The number of rotatable bonds is 6. The lowest BCUT2D eigenvalue weighted by Crippen LogP contribution is -2.16. The molecule has 1 aromatic heterocycles. The highest BCUT2D eigenvalue weighted by molar-refractivity contribution is 7.90. The number of benzene rings is 2. The zero-order chi connectivity index (χ0) is 17.2. The number of nitrogens with zero attached hydrogens (tertiary/aromatic N) is 2. The Morgan fingerprint density at radius 1 is 1.04 bits per heavy atom. The maximum Gasteiger partial charge on any atom is 0.269 e. The number of unbranched alkanes of at least 4 members (excludes halogenated alkanes) is 2. The van der Waals surface area contributed by atoms with Crippen LogP contribution in [-0.2, 0) is 16.4 Å². The summed E-state index contributed by atoms with van der Waals surface area (Å²) in [5.74, 6) is 0.583. The molecule has 126 valence electrons. The van der Waals surface area contributed by atoms with Gasteiger partial charge in [-0.3, -0.25) is 0 Å². The van der Waals surface area contributed by atoms with Crippen molar-refractivity contribution >= 4 is 32.7 Å². The molecule has 0 saturated carbocycles. The molecule has 0 aliphatic heterocycles. The highest BCUT2D eigenvalue weighted by Gasteiger charge is 2.23. The van der Waals surface area contributed by atoms with Crippen molar-refractivity contribution in [3.8, 4) is 0 Å². The molecule has 0 unspecified atom stereocenters. The van der Waals surface area contributed by atoms with E-state index >= 15 is 0 Å². The molecule has 0 atom stereocenters.